The molecule has 2 aromatic heterocycles. The summed E-state index contributed by atoms with van der Waals surface area (Å²) in [5, 5.41) is 0. The molecule has 0 radical (unpaired) electrons. The summed E-state index contributed by atoms with van der Waals surface area (Å²) in [5.74, 6) is 0.687. The topological polar surface area (TPSA) is 68.3 Å². The van der Waals surface area contributed by atoms with E-state index in [1.54, 1.807) is 18.7 Å². The van der Waals surface area contributed by atoms with E-state index in [1.807, 2.05) is 26.0 Å². The first kappa shape index (κ1) is 16.3. The molecule has 0 saturated carbocycles. The van der Waals surface area contributed by atoms with E-state index in [-0.39, 0.29) is 11.2 Å². The van der Waals surface area contributed by atoms with Crippen molar-refractivity contribution in [1.29, 1.82) is 0 Å². The maximum Gasteiger partial charge on any atom is 0.332 e. The Kier molecular flexibility index (Phi) is 4.41. The fourth-order valence-corrected chi connectivity index (χ4v) is 2.57. The molecule has 0 aliphatic carbocycles. The molecule has 0 aliphatic heterocycles. The summed E-state index contributed by atoms with van der Waals surface area (Å²) in [6, 6.07) is 0. The third-order valence-electron chi connectivity index (χ3n) is 3.89. The van der Waals surface area contributed by atoms with Crippen LogP contribution in [-0.2, 0) is 21.1 Å². The van der Waals surface area contributed by atoms with E-state index in [9.17, 15) is 9.59 Å². The molecule has 2 rings (SSSR count). The Morgan fingerprint density at radius 2 is 1.59 bits per heavy atom. The second-order valence-electron chi connectivity index (χ2n) is 5.93. The van der Waals surface area contributed by atoms with Crippen molar-refractivity contribution in [3.63, 3.8) is 0 Å². The number of hydrogen-bond donors (Lipinski definition) is 0. The second-order valence-corrected chi connectivity index (χ2v) is 5.93. The van der Waals surface area contributed by atoms with Gasteiger partial charge in [-0.15, -0.1) is 0 Å². The Labute approximate surface area is 129 Å². The maximum atomic E-state index is 12.3. The van der Waals surface area contributed by atoms with Crippen LogP contribution in [0.5, 0.6) is 0 Å². The molecule has 0 N–H and O–H groups in total. The number of aromatic nitrogens is 4. The zero-order chi connectivity index (χ0) is 16.6. The van der Waals surface area contributed by atoms with Gasteiger partial charge in [0.05, 0.1) is 0 Å². The van der Waals surface area contributed by atoms with Crippen molar-refractivity contribution < 1.29 is 0 Å². The lowest BCUT2D eigenvalue weighted by Gasteiger charge is -2.19. The maximum absolute atomic E-state index is 12.3. The smallest absolute Gasteiger partial charge is 0.332 e. The molecule has 0 atom stereocenters. The highest BCUT2D eigenvalue weighted by molar-refractivity contribution is 5.74. The van der Waals surface area contributed by atoms with E-state index in [4.69, 9.17) is 0 Å². The number of nitrogens with zero attached hydrogens (tertiary/aromatic N) is 6. The minimum absolute atomic E-state index is 0.318. The summed E-state index contributed by atoms with van der Waals surface area (Å²) in [7, 11) is 10.9. The van der Waals surface area contributed by atoms with Crippen LogP contribution in [-0.4, -0.2) is 57.8 Å². The average molecular weight is 308 g/mol. The van der Waals surface area contributed by atoms with Gasteiger partial charge in [0, 0.05) is 34.7 Å². The summed E-state index contributed by atoms with van der Waals surface area (Å²) >= 11 is 0. The predicted octanol–water partition coefficient (Wildman–Crippen LogP) is -0.641. The molecule has 8 nitrogen and oxygen atoms in total. The van der Waals surface area contributed by atoms with Crippen molar-refractivity contribution in [2.75, 3.05) is 39.1 Å². The fraction of sp³-hybridized carbons (Fsp3) is 0.643. The summed E-state index contributed by atoms with van der Waals surface area (Å²) < 4.78 is 4.28. The predicted molar refractivity (Wildman–Crippen MR) is 87.6 cm³/mol. The number of hydrogen-bond acceptors (Lipinski definition) is 5. The minimum atomic E-state index is -0.364. The van der Waals surface area contributed by atoms with E-state index in [0.29, 0.717) is 17.1 Å². The Morgan fingerprint density at radius 3 is 2.18 bits per heavy atom. The molecule has 122 valence electrons. The molecule has 0 saturated heterocycles. The van der Waals surface area contributed by atoms with Crippen LogP contribution in [0.2, 0.25) is 0 Å². The highest BCUT2D eigenvalue weighted by atomic mass is 16.2. The number of fused-ring (bicyclic) bond motifs is 1. The van der Waals surface area contributed by atoms with Crippen LogP contribution < -0.4 is 16.1 Å². The first-order chi connectivity index (χ1) is 10.3. The molecule has 2 heterocycles. The Balaban J connectivity index is 2.47. The number of rotatable bonds is 5. The molecule has 8 heteroatoms. The lowest BCUT2D eigenvalue weighted by molar-refractivity contribution is 0.401. The molecule has 0 aromatic carbocycles. The standard InChI is InChI=1S/C14H24N6O2/c1-16(2)8-7-9-17(3)13-15-11-10(18(13)4)12(21)20(6)14(22)19(11)5/h7-9H2,1-6H3. The Morgan fingerprint density at radius 1 is 0.955 bits per heavy atom. The van der Waals surface area contributed by atoms with Gasteiger partial charge >= 0.3 is 5.69 Å². The van der Waals surface area contributed by atoms with Gasteiger partial charge in [-0.05, 0) is 27.1 Å². The molecule has 0 unspecified atom stereocenters. The Bertz CT molecular complexity index is 798. The highest BCUT2D eigenvalue weighted by Crippen LogP contribution is 2.16. The molecule has 22 heavy (non-hydrogen) atoms. The van der Waals surface area contributed by atoms with Crippen LogP contribution >= 0.6 is 0 Å². The average Bonchev–Trinajstić information content (AvgIpc) is 2.80. The molecular weight excluding hydrogens is 284 g/mol. The van der Waals surface area contributed by atoms with Crippen LogP contribution in [0.15, 0.2) is 9.59 Å². The van der Waals surface area contributed by atoms with E-state index >= 15 is 0 Å². The summed E-state index contributed by atoms with van der Waals surface area (Å²) in [6.07, 6.45) is 0.990. The normalized spacial score (nSPS) is 11.6. The van der Waals surface area contributed by atoms with Crippen molar-refractivity contribution in [3.05, 3.63) is 20.8 Å². The largest absolute Gasteiger partial charge is 0.345 e. The Hall–Kier alpha value is -2.09. The molecule has 0 fully saturated rings. The van der Waals surface area contributed by atoms with Crippen molar-refractivity contribution in [1.82, 2.24) is 23.6 Å². The number of anilines is 1. The van der Waals surface area contributed by atoms with Crippen molar-refractivity contribution in [3.8, 4) is 0 Å². The molecule has 0 spiro atoms. The van der Waals surface area contributed by atoms with Gasteiger partial charge in [-0.25, -0.2) is 4.79 Å². The van der Waals surface area contributed by atoms with E-state index in [0.717, 1.165) is 24.1 Å². The first-order valence-electron chi connectivity index (χ1n) is 7.24. The van der Waals surface area contributed by atoms with Gasteiger partial charge in [-0.2, -0.15) is 4.98 Å². The van der Waals surface area contributed by atoms with E-state index < -0.39 is 0 Å². The zero-order valence-electron chi connectivity index (χ0n) is 14.1. The lowest BCUT2D eigenvalue weighted by atomic mass is 10.4. The van der Waals surface area contributed by atoms with E-state index in [2.05, 4.69) is 9.88 Å². The first-order valence-corrected chi connectivity index (χ1v) is 7.24. The van der Waals surface area contributed by atoms with Crippen molar-refractivity contribution >= 4 is 17.1 Å². The fourth-order valence-electron chi connectivity index (χ4n) is 2.57. The van der Waals surface area contributed by atoms with Crippen LogP contribution in [0, 0.1) is 0 Å². The minimum Gasteiger partial charge on any atom is -0.345 e. The summed E-state index contributed by atoms with van der Waals surface area (Å²) in [6.45, 7) is 1.80. The van der Waals surface area contributed by atoms with Gasteiger partial charge in [0.25, 0.3) is 5.56 Å². The van der Waals surface area contributed by atoms with Gasteiger partial charge in [-0.3, -0.25) is 13.9 Å². The highest BCUT2D eigenvalue weighted by Gasteiger charge is 2.18. The van der Waals surface area contributed by atoms with Gasteiger partial charge in [-0.1, -0.05) is 0 Å². The monoisotopic (exact) mass is 308 g/mol. The van der Waals surface area contributed by atoms with Crippen LogP contribution in [0.25, 0.3) is 11.2 Å². The summed E-state index contributed by atoms with van der Waals surface area (Å²) in [5.41, 5.74) is 0.183. The van der Waals surface area contributed by atoms with Gasteiger partial charge in [0.2, 0.25) is 5.95 Å². The van der Waals surface area contributed by atoms with Gasteiger partial charge in [0.1, 0.15) is 0 Å². The van der Waals surface area contributed by atoms with E-state index in [1.165, 1.54) is 11.6 Å². The quantitative estimate of drug-likeness (QED) is 0.735. The SMILES string of the molecule is CN(C)CCCN(C)c1nc2c(c(=O)n(C)c(=O)n2C)n1C. The molecular formula is C14H24N6O2. The third kappa shape index (κ3) is 2.66. The molecule has 2 aromatic rings. The molecule has 0 bridgehead atoms. The van der Waals surface area contributed by atoms with Crippen molar-refractivity contribution in [2.24, 2.45) is 21.1 Å². The number of imidazole rings is 1. The summed E-state index contributed by atoms with van der Waals surface area (Å²) in [4.78, 5) is 33.0. The number of aryl methyl sites for hydroxylation is 2. The molecule has 0 amide bonds. The third-order valence-corrected chi connectivity index (χ3v) is 3.89. The lowest BCUT2D eigenvalue weighted by Crippen LogP contribution is -2.37. The van der Waals surface area contributed by atoms with Crippen LogP contribution in [0.4, 0.5) is 5.95 Å². The van der Waals surface area contributed by atoms with Gasteiger partial charge < -0.3 is 14.4 Å². The molecule has 0 aliphatic rings. The van der Waals surface area contributed by atoms with Crippen LogP contribution in [0.3, 0.4) is 0 Å². The second kappa shape index (κ2) is 5.96. The van der Waals surface area contributed by atoms with Gasteiger partial charge in [0.15, 0.2) is 11.2 Å². The zero-order valence-corrected chi connectivity index (χ0v) is 14.1. The van der Waals surface area contributed by atoms with Crippen molar-refractivity contribution in [2.45, 2.75) is 6.42 Å². The van der Waals surface area contributed by atoms with Crippen LogP contribution in [0.1, 0.15) is 6.42 Å².